The molecule has 0 fully saturated rings. The van der Waals surface area contributed by atoms with Crippen LogP contribution in [0.25, 0.3) is 0 Å². The van der Waals surface area contributed by atoms with Gasteiger partial charge in [-0.05, 0) is 61.7 Å². The Morgan fingerprint density at radius 3 is 2.27 bits per heavy atom. The number of para-hydroxylation sites is 2. The predicted octanol–water partition coefficient (Wildman–Crippen LogP) is 5.84. The minimum absolute atomic E-state index is 0.0120. The van der Waals surface area contributed by atoms with Crippen molar-refractivity contribution in [1.82, 2.24) is 10.2 Å². The Hall–Kier alpha value is -3.27. The third-order valence-corrected chi connectivity index (χ3v) is 9.03. The summed E-state index contributed by atoms with van der Waals surface area (Å²) in [4.78, 5) is 28.7. The number of hydrogen-bond acceptors (Lipinski definition) is 5. The van der Waals surface area contributed by atoms with Gasteiger partial charge in [0.1, 0.15) is 18.3 Å². The van der Waals surface area contributed by atoms with E-state index in [2.05, 4.69) is 5.32 Å². The molecule has 0 aliphatic carbocycles. The summed E-state index contributed by atoms with van der Waals surface area (Å²) in [5.74, 6) is -0.621. The summed E-state index contributed by atoms with van der Waals surface area (Å²) in [6.45, 7) is 5.47. The predicted molar refractivity (Wildman–Crippen MR) is 163 cm³/mol. The van der Waals surface area contributed by atoms with Crippen molar-refractivity contribution in [3.05, 3.63) is 87.9 Å². The molecule has 0 saturated heterocycles. The number of halogens is 2. The Morgan fingerprint density at radius 1 is 0.976 bits per heavy atom. The van der Waals surface area contributed by atoms with E-state index < -0.39 is 28.5 Å². The third-order valence-electron chi connectivity index (χ3n) is 6.51. The highest BCUT2D eigenvalue weighted by Gasteiger charge is 2.34. The molecule has 0 radical (unpaired) electrons. The van der Waals surface area contributed by atoms with Gasteiger partial charge in [-0.3, -0.25) is 13.9 Å². The Bertz CT molecular complexity index is 1470. The summed E-state index contributed by atoms with van der Waals surface area (Å²) in [7, 11) is -2.79. The molecule has 11 heteroatoms. The van der Waals surface area contributed by atoms with Crippen LogP contribution in [-0.4, -0.2) is 51.4 Å². The van der Waals surface area contributed by atoms with Crippen molar-refractivity contribution in [2.75, 3.05) is 24.5 Å². The van der Waals surface area contributed by atoms with Gasteiger partial charge in [0.25, 0.3) is 10.0 Å². The number of hydrogen-bond donors (Lipinski definition) is 1. The number of nitrogens with one attached hydrogen (secondary N) is 1. The summed E-state index contributed by atoms with van der Waals surface area (Å²) in [6.07, 6.45) is 1.03. The zero-order chi connectivity index (χ0) is 30.2. The zero-order valence-corrected chi connectivity index (χ0v) is 25.9. The fourth-order valence-corrected chi connectivity index (χ4v) is 6.05. The maximum atomic E-state index is 14.1. The second-order valence-electron chi connectivity index (χ2n) is 9.48. The fourth-order valence-electron chi connectivity index (χ4n) is 4.31. The number of rotatable bonds is 13. The first-order valence-electron chi connectivity index (χ1n) is 13.3. The lowest BCUT2D eigenvalue weighted by atomic mass is 10.1. The van der Waals surface area contributed by atoms with Gasteiger partial charge in [0.05, 0.1) is 27.7 Å². The zero-order valence-electron chi connectivity index (χ0n) is 23.6. The summed E-state index contributed by atoms with van der Waals surface area (Å²) in [5.41, 5.74) is 1.72. The summed E-state index contributed by atoms with van der Waals surface area (Å²) < 4.78 is 34.5. The van der Waals surface area contributed by atoms with Crippen LogP contribution in [-0.2, 0) is 26.2 Å². The lowest BCUT2D eigenvalue weighted by Gasteiger charge is -2.33. The molecule has 3 aromatic carbocycles. The van der Waals surface area contributed by atoms with E-state index in [0.717, 1.165) is 16.3 Å². The molecule has 0 unspecified atom stereocenters. The molecule has 8 nitrogen and oxygen atoms in total. The van der Waals surface area contributed by atoms with E-state index in [4.69, 9.17) is 27.9 Å². The highest BCUT2D eigenvalue weighted by molar-refractivity contribution is 7.92. The standard InChI is InChI=1S/C30H35Cl2N3O5S/c1-5-17-33-30(37)26(6-2)34(19-22-13-16-24(31)25(32)18-22)29(36)20-35(27-9-7-8-10-28(27)40-4)41(38,39)23-14-11-21(3)12-15-23/h7-16,18,26H,5-6,17,19-20H2,1-4H3,(H,33,37)/t26-/m1/s1. The highest BCUT2D eigenvalue weighted by atomic mass is 35.5. The monoisotopic (exact) mass is 619 g/mol. The Balaban J connectivity index is 2.10. The molecule has 220 valence electrons. The molecule has 0 heterocycles. The number of carbonyl (C=O) groups excluding carboxylic acids is 2. The molecule has 0 spiro atoms. The van der Waals surface area contributed by atoms with Crippen LogP contribution in [0.1, 0.15) is 37.8 Å². The summed E-state index contributed by atoms with van der Waals surface area (Å²) in [5, 5.41) is 3.52. The van der Waals surface area contributed by atoms with Gasteiger partial charge in [-0.25, -0.2) is 8.42 Å². The van der Waals surface area contributed by atoms with Crippen LogP contribution in [0, 0.1) is 6.92 Å². The number of sulfonamides is 1. The molecular formula is C30H35Cl2N3O5S. The molecule has 0 aliphatic rings. The molecule has 1 N–H and O–H groups in total. The summed E-state index contributed by atoms with van der Waals surface area (Å²) >= 11 is 12.3. The van der Waals surface area contributed by atoms with Gasteiger partial charge in [0.15, 0.2) is 0 Å². The molecule has 2 amide bonds. The number of ether oxygens (including phenoxy) is 1. The van der Waals surface area contributed by atoms with Crippen LogP contribution in [0.4, 0.5) is 5.69 Å². The Morgan fingerprint density at radius 2 is 1.66 bits per heavy atom. The van der Waals surface area contributed by atoms with E-state index >= 15 is 0 Å². The van der Waals surface area contributed by atoms with Gasteiger partial charge in [-0.2, -0.15) is 0 Å². The van der Waals surface area contributed by atoms with Gasteiger partial charge >= 0.3 is 0 Å². The molecule has 0 saturated carbocycles. The van der Waals surface area contributed by atoms with Crippen molar-refractivity contribution in [1.29, 1.82) is 0 Å². The second-order valence-corrected chi connectivity index (χ2v) is 12.2. The largest absolute Gasteiger partial charge is 0.495 e. The maximum Gasteiger partial charge on any atom is 0.264 e. The lowest BCUT2D eigenvalue weighted by Crippen LogP contribution is -2.52. The first-order chi connectivity index (χ1) is 19.5. The van der Waals surface area contributed by atoms with E-state index in [-0.39, 0.29) is 28.8 Å². The van der Waals surface area contributed by atoms with Crippen LogP contribution >= 0.6 is 23.2 Å². The van der Waals surface area contributed by atoms with Crippen LogP contribution in [0.2, 0.25) is 10.0 Å². The molecule has 3 aromatic rings. The number of aryl methyl sites for hydroxylation is 1. The third kappa shape index (κ3) is 7.93. The minimum Gasteiger partial charge on any atom is -0.495 e. The van der Waals surface area contributed by atoms with E-state index in [1.165, 1.54) is 24.1 Å². The highest BCUT2D eigenvalue weighted by Crippen LogP contribution is 2.33. The second kappa shape index (κ2) is 14.6. The molecule has 3 rings (SSSR count). The van der Waals surface area contributed by atoms with Gasteiger partial charge < -0.3 is 15.0 Å². The first kappa shape index (κ1) is 32.2. The molecule has 0 bridgehead atoms. The number of amides is 2. The van der Waals surface area contributed by atoms with Gasteiger partial charge in [-0.15, -0.1) is 0 Å². The van der Waals surface area contributed by atoms with Crippen molar-refractivity contribution in [2.24, 2.45) is 0 Å². The molecular weight excluding hydrogens is 585 g/mol. The van der Waals surface area contributed by atoms with E-state index in [0.29, 0.717) is 28.6 Å². The maximum absolute atomic E-state index is 14.1. The van der Waals surface area contributed by atoms with Crippen LogP contribution in [0.3, 0.4) is 0 Å². The van der Waals surface area contributed by atoms with Crippen molar-refractivity contribution in [3.8, 4) is 5.75 Å². The van der Waals surface area contributed by atoms with Crippen LogP contribution < -0.4 is 14.4 Å². The molecule has 0 aromatic heterocycles. The minimum atomic E-state index is -4.22. The number of methoxy groups -OCH3 is 1. The van der Waals surface area contributed by atoms with Gasteiger partial charge in [0, 0.05) is 13.1 Å². The van der Waals surface area contributed by atoms with Crippen molar-refractivity contribution >= 4 is 50.7 Å². The van der Waals surface area contributed by atoms with Crippen LogP contribution in [0.15, 0.2) is 71.6 Å². The van der Waals surface area contributed by atoms with E-state index in [9.17, 15) is 18.0 Å². The normalized spacial score (nSPS) is 12.0. The number of benzene rings is 3. The lowest BCUT2D eigenvalue weighted by molar-refractivity contribution is -0.140. The average molecular weight is 621 g/mol. The first-order valence-corrected chi connectivity index (χ1v) is 15.5. The van der Waals surface area contributed by atoms with Crippen molar-refractivity contribution in [2.45, 2.75) is 51.1 Å². The Kier molecular flexibility index (Phi) is 11.5. The molecule has 1 atom stereocenters. The summed E-state index contributed by atoms with van der Waals surface area (Å²) in [6, 6.07) is 17.1. The topological polar surface area (TPSA) is 96.0 Å². The number of anilines is 1. The quantitative estimate of drug-likeness (QED) is 0.259. The van der Waals surface area contributed by atoms with E-state index in [1.807, 2.05) is 13.8 Å². The van der Waals surface area contributed by atoms with Crippen molar-refractivity contribution in [3.63, 3.8) is 0 Å². The number of carbonyl (C=O) groups is 2. The smallest absolute Gasteiger partial charge is 0.264 e. The van der Waals surface area contributed by atoms with Gasteiger partial charge in [-0.1, -0.05) is 72.9 Å². The van der Waals surface area contributed by atoms with E-state index in [1.54, 1.807) is 61.5 Å². The fraction of sp³-hybridized carbons (Fsp3) is 0.333. The molecule has 0 aliphatic heterocycles. The number of nitrogens with zero attached hydrogens (tertiary/aromatic N) is 2. The van der Waals surface area contributed by atoms with Crippen LogP contribution in [0.5, 0.6) is 5.75 Å². The SMILES string of the molecule is CCCNC(=O)[C@@H](CC)N(Cc1ccc(Cl)c(Cl)c1)C(=O)CN(c1ccccc1OC)S(=O)(=O)c1ccc(C)cc1. The van der Waals surface area contributed by atoms with Crippen molar-refractivity contribution < 1.29 is 22.7 Å². The average Bonchev–Trinajstić information content (AvgIpc) is 2.96. The Labute approximate surface area is 252 Å². The molecule has 41 heavy (non-hydrogen) atoms. The van der Waals surface area contributed by atoms with Gasteiger partial charge in [0.2, 0.25) is 11.8 Å².